The fourth-order valence-corrected chi connectivity index (χ4v) is 5.34. The van der Waals surface area contributed by atoms with Crippen molar-refractivity contribution < 1.29 is 18.0 Å². The minimum atomic E-state index is -3.54. The smallest absolute Gasteiger partial charge is 0.243 e. The van der Waals surface area contributed by atoms with Gasteiger partial charge in [-0.1, -0.05) is 60.8 Å². The highest BCUT2D eigenvalue weighted by atomic mass is 35.5. The number of carbonyl (C=O) groups is 2. The van der Waals surface area contributed by atoms with Crippen LogP contribution in [0.4, 0.5) is 5.69 Å². The van der Waals surface area contributed by atoms with Crippen molar-refractivity contribution in [3.05, 3.63) is 63.6 Å². The minimum absolute atomic E-state index is 0.0320. The van der Waals surface area contributed by atoms with Gasteiger partial charge in [-0.25, -0.2) is 8.42 Å². The number of halogens is 2. The molecule has 0 spiro atoms. The number of benzene rings is 2. The third-order valence-corrected chi connectivity index (χ3v) is 8.00. The SMILES string of the molecule is CC[C@@H](C)NC(=O)[C@@H](CC)N(Cc1ccc(Cl)cc1Cl)C(=O)CCCN(c1ccc(C)cc1)S(C)(=O)=O. The molecule has 0 heterocycles. The molecule has 0 fully saturated rings. The van der Waals surface area contributed by atoms with Gasteiger partial charge in [-0.3, -0.25) is 13.9 Å². The van der Waals surface area contributed by atoms with Gasteiger partial charge in [0.05, 0.1) is 11.9 Å². The fraction of sp³-hybridized carbons (Fsp3) is 0.481. The molecule has 2 amide bonds. The number of nitrogens with zero attached hydrogens (tertiary/aromatic N) is 2. The van der Waals surface area contributed by atoms with Crippen LogP contribution in [0.2, 0.25) is 10.0 Å². The number of anilines is 1. The number of hydrogen-bond acceptors (Lipinski definition) is 4. The lowest BCUT2D eigenvalue weighted by Gasteiger charge is -2.32. The summed E-state index contributed by atoms with van der Waals surface area (Å²) >= 11 is 12.4. The van der Waals surface area contributed by atoms with Crippen molar-refractivity contribution in [2.45, 2.75) is 72.0 Å². The second-order valence-corrected chi connectivity index (χ2v) is 12.0. The summed E-state index contributed by atoms with van der Waals surface area (Å²) in [5.41, 5.74) is 2.24. The Hall–Kier alpha value is -2.29. The summed E-state index contributed by atoms with van der Waals surface area (Å²) in [4.78, 5) is 28.1. The normalized spacial score (nSPS) is 13.1. The van der Waals surface area contributed by atoms with Gasteiger partial charge in [-0.05, 0) is 62.9 Å². The Bertz CT molecular complexity index is 1170. The van der Waals surface area contributed by atoms with E-state index < -0.39 is 16.1 Å². The molecule has 0 saturated carbocycles. The van der Waals surface area contributed by atoms with Crippen LogP contribution >= 0.6 is 23.2 Å². The van der Waals surface area contributed by atoms with Crippen molar-refractivity contribution in [1.82, 2.24) is 10.2 Å². The zero-order chi connectivity index (χ0) is 27.8. The van der Waals surface area contributed by atoms with Crippen molar-refractivity contribution in [3.8, 4) is 0 Å². The van der Waals surface area contributed by atoms with E-state index in [1.54, 1.807) is 30.3 Å². The van der Waals surface area contributed by atoms with Crippen LogP contribution in [0, 0.1) is 6.92 Å². The van der Waals surface area contributed by atoms with Gasteiger partial charge in [0, 0.05) is 35.6 Å². The molecular weight excluding hydrogens is 533 g/mol. The van der Waals surface area contributed by atoms with Crippen molar-refractivity contribution >= 4 is 50.7 Å². The minimum Gasteiger partial charge on any atom is -0.352 e. The van der Waals surface area contributed by atoms with Gasteiger partial charge in [0.25, 0.3) is 0 Å². The molecule has 2 atom stereocenters. The topological polar surface area (TPSA) is 86.8 Å². The number of nitrogens with one attached hydrogen (secondary N) is 1. The summed E-state index contributed by atoms with van der Waals surface area (Å²) in [6, 6.07) is 11.5. The third kappa shape index (κ3) is 9.20. The Morgan fingerprint density at radius 1 is 1.03 bits per heavy atom. The molecule has 7 nitrogen and oxygen atoms in total. The van der Waals surface area contributed by atoms with Gasteiger partial charge in [0.2, 0.25) is 21.8 Å². The van der Waals surface area contributed by atoms with E-state index in [-0.39, 0.29) is 43.8 Å². The van der Waals surface area contributed by atoms with E-state index in [1.165, 1.54) is 9.21 Å². The summed E-state index contributed by atoms with van der Waals surface area (Å²) in [5, 5.41) is 3.86. The largest absolute Gasteiger partial charge is 0.352 e. The average Bonchev–Trinajstić information content (AvgIpc) is 2.82. The van der Waals surface area contributed by atoms with Crippen LogP contribution in [0.15, 0.2) is 42.5 Å². The second-order valence-electron chi connectivity index (χ2n) is 9.27. The van der Waals surface area contributed by atoms with Crippen molar-refractivity contribution in [2.24, 2.45) is 0 Å². The maximum absolute atomic E-state index is 13.5. The first-order valence-electron chi connectivity index (χ1n) is 12.5. The third-order valence-electron chi connectivity index (χ3n) is 6.22. The molecule has 10 heteroatoms. The van der Waals surface area contributed by atoms with E-state index in [0.29, 0.717) is 27.7 Å². The quantitative estimate of drug-likeness (QED) is 0.341. The van der Waals surface area contributed by atoms with Gasteiger partial charge in [-0.2, -0.15) is 0 Å². The van der Waals surface area contributed by atoms with E-state index >= 15 is 0 Å². The Morgan fingerprint density at radius 3 is 2.22 bits per heavy atom. The molecule has 0 aromatic heterocycles. The van der Waals surface area contributed by atoms with Crippen molar-refractivity contribution in [3.63, 3.8) is 0 Å². The molecule has 2 aromatic carbocycles. The summed E-state index contributed by atoms with van der Waals surface area (Å²) < 4.78 is 26.2. The zero-order valence-electron chi connectivity index (χ0n) is 22.1. The number of sulfonamides is 1. The van der Waals surface area contributed by atoms with Gasteiger partial charge in [-0.15, -0.1) is 0 Å². The van der Waals surface area contributed by atoms with E-state index in [0.717, 1.165) is 18.2 Å². The molecule has 0 aliphatic carbocycles. The van der Waals surface area contributed by atoms with Crippen LogP contribution in [0.5, 0.6) is 0 Å². The van der Waals surface area contributed by atoms with Crippen molar-refractivity contribution in [1.29, 1.82) is 0 Å². The van der Waals surface area contributed by atoms with E-state index in [9.17, 15) is 18.0 Å². The molecule has 0 aliphatic rings. The second kappa shape index (κ2) is 14.0. The number of rotatable bonds is 13. The molecule has 0 bridgehead atoms. The van der Waals surface area contributed by atoms with Crippen LogP contribution in [0.25, 0.3) is 0 Å². The molecule has 0 unspecified atom stereocenters. The zero-order valence-corrected chi connectivity index (χ0v) is 24.5. The number of hydrogen-bond donors (Lipinski definition) is 1. The molecule has 37 heavy (non-hydrogen) atoms. The van der Waals surface area contributed by atoms with E-state index in [2.05, 4.69) is 5.32 Å². The van der Waals surface area contributed by atoms with Crippen LogP contribution in [0.3, 0.4) is 0 Å². The van der Waals surface area contributed by atoms with Crippen LogP contribution < -0.4 is 9.62 Å². The fourth-order valence-electron chi connectivity index (χ4n) is 3.91. The molecule has 0 aliphatic heterocycles. The highest BCUT2D eigenvalue weighted by Gasteiger charge is 2.30. The monoisotopic (exact) mass is 569 g/mol. The van der Waals surface area contributed by atoms with Crippen molar-refractivity contribution in [2.75, 3.05) is 17.1 Å². The van der Waals surface area contributed by atoms with Gasteiger partial charge < -0.3 is 10.2 Å². The average molecular weight is 571 g/mol. The Balaban J connectivity index is 2.25. The molecule has 0 radical (unpaired) electrons. The molecular formula is C27H37Cl2N3O4S. The number of carbonyl (C=O) groups excluding carboxylic acids is 2. The summed E-state index contributed by atoms with van der Waals surface area (Å²) in [5.74, 6) is -0.484. The standard InChI is InChI=1S/C27H37Cl2N3O4S/c1-6-20(4)30-27(34)25(7-2)31(18-21-12-13-22(28)17-24(21)29)26(33)9-8-16-32(37(5,35)36)23-14-10-19(3)11-15-23/h10-15,17,20,25H,6-9,16,18H2,1-5H3,(H,30,34)/t20-,25-/m1/s1. The van der Waals surface area contributed by atoms with Gasteiger partial charge in [0.1, 0.15) is 6.04 Å². The van der Waals surface area contributed by atoms with Crippen LogP contribution in [-0.4, -0.2) is 50.0 Å². The Labute approximate surface area is 231 Å². The highest BCUT2D eigenvalue weighted by Crippen LogP contribution is 2.25. The van der Waals surface area contributed by atoms with Gasteiger partial charge >= 0.3 is 0 Å². The summed E-state index contributed by atoms with van der Waals surface area (Å²) in [7, 11) is -3.54. The maximum Gasteiger partial charge on any atom is 0.243 e. The molecule has 0 saturated heterocycles. The van der Waals surface area contributed by atoms with Crippen LogP contribution in [-0.2, 0) is 26.2 Å². The van der Waals surface area contributed by atoms with E-state index in [4.69, 9.17) is 23.2 Å². The maximum atomic E-state index is 13.5. The molecule has 2 rings (SSSR count). The number of amides is 2. The van der Waals surface area contributed by atoms with Crippen LogP contribution in [0.1, 0.15) is 57.6 Å². The van der Waals surface area contributed by atoms with Gasteiger partial charge in [0.15, 0.2) is 0 Å². The lowest BCUT2D eigenvalue weighted by Crippen LogP contribution is -2.50. The Morgan fingerprint density at radius 2 is 1.68 bits per heavy atom. The lowest BCUT2D eigenvalue weighted by atomic mass is 10.1. The molecule has 2 aromatic rings. The van der Waals surface area contributed by atoms with E-state index in [1.807, 2.05) is 39.8 Å². The summed E-state index contributed by atoms with van der Waals surface area (Å²) in [6.45, 7) is 7.94. The Kier molecular flexibility index (Phi) is 11.7. The molecule has 204 valence electrons. The molecule has 1 N–H and O–H groups in total. The predicted octanol–water partition coefficient (Wildman–Crippen LogP) is 5.57. The highest BCUT2D eigenvalue weighted by molar-refractivity contribution is 7.92. The lowest BCUT2D eigenvalue weighted by molar-refractivity contribution is -0.141. The first-order valence-corrected chi connectivity index (χ1v) is 15.1. The number of aryl methyl sites for hydroxylation is 1. The first kappa shape index (κ1) is 30.9. The summed E-state index contributed by atoms with van der Waals surface area (Å²) in [6.07, 6.45) is 2.68. The predicted molar refractivity (Wildman–Crippen MR) is 152 cm³/mol. The first-order chi connectivity index (χ1) is 17.4.